The van der Waals surface area contributed by atoms with Crippen LogP contribution < -0.4 is 15.2 Å². The molecule has 1 rings (SSSR count). The fourth-order valence-electron chi connectivity index (χ4n) is 1.69. The largest absolute Gasteiger partial charge is 0.497 e. The molecule has 17 heavy (non-hydrogen) atoms. The van der Waals surface area contributed by atoms with Crippen LogP contribution >= 0.6 is 0 Å². The van der Waals surface area contributed by atoms with Crippen LogP contribution in [0.4, 0.5) is 0 Å². The van der Waals surface area contributed by atoms with Gasteiger partial charge in [0.25, 0.3) is 0 Å². The van der Waals surface area contributed by atoms with Crippen LogP contribution in [0.5, 0.6) is 11.5 Å². The molecule has 2 atom stereocenters. The van der Waals surface area contributed by atoms with Gasteiger partial charge in [0, 0.05) is 11.6 Å². The van der Waals surface area contributed by atoms with Crippen molar-refractivity contribution < 1.29 is 14.6 Å². The van der Waals surface area contributed by atoms with Crippen molar-refractivity contribution in [1.82, 2.24) is 0 Å². The van der Waals surface area contributed by atoms with Gasteiger partial charge in [-0.15, -0.1) is 0 Å². The zero-order chi connectivity index (χ0) is 13.0. The maximum absolute atomic E-state index is 9.98. The summed E-state index contributed by atoms with van der Waals surface area (Å²) < 4.78 is 10.4. The van der Waals surface area contributed by atoms with Gasteiger partial charge < -0.3 is 20.3 Å². The number of aliphatic hydroxyl groups is 1. The Bertz CT molecular complexity index is 366. The summed E-state index contributed by atoms with van der Waals surface area (Å²) in [7, 11) is 3.17. The summed E-state index contributed by atoms with van der Waals surface area (Å²) in [4.78, 5) is 0. The lowest BCUT2D eigenvalue weighted by atomic mass is 9.94. The molecule has 0 saturated heterocycles. The first-order chi connectivity index (χ1) is 8.01. The van der Waals surface area contributed by atoms with Crippen molar-refractivity contribution in [3.05, 3.63) is 23.8 Å². The second kappa shape index (κ2) is 5.89. The number of hydrogen-bond donors (Lipinski definition) is 2. The molecule has 4 nitrogen and oxygen atoms in total. The molecule has 0 aliphatic rings. The standard InChI is InChI=1S/C13H21NO3/c1-8(2)13(15)12(14)10-6-5-9(16-3)7-11(10)17-4/h5-8,12-13,15H,14H2,1-4H3/t12-,13+/m1/s1. The summed E-state index contributed by atoms with van der Waals surface area (Å²) in [6, 6.07) is 4.94. The third-order valence-corrected chi connectivity index (χ3v) is 2.85. The van der Waals surface area contributed by atoms with Crippen molar-refractivity contribution in [3.8, 4) is 11.5 Å². The monoisotopic (exact) mass is 239 g/mol. The highest BCUT2D eigenvalue weighted by Crippen LogP contribution is 2.31. The van der Waals surface area contributed by atoms with Gasteiger partial charge in [0.1, 0.15) is 11.5 Å². The molecular weight excluding hydrogens is 218 g/mol. The highest BCUT2D eigenvalue weighted by atomic mass is 16.5. The van der Waals surface area contributed by atoms with E-state index >= 15 is 0 Å². The average Bonchev–Trinajstić information content (AvgIpc) is 2.35. The van der Waals surface area contributed by atoms with Crippen LogP contribution in [0.2, 0.25) is 0 Å². The number of aliphatic hydroxyl groups excluding tert-OH is 1. The molecule has 0 radical (unpaired) electrons. The van der Waals surface area contributed by atoms with Gasteiger partial charge >= 0.3 is 0 Å². The predicted octanol–water partition coefficient (Wildman–Crippen LogP) is 1.72. The normalized spacial score (nSPS) is 14.5. The molecule has 0 aliphatic carbocycles. The Balaban J connectivity index is 3.04. The van der Waals surface area contributed by atoms with Crippen LogP contribution in [-0.4, -0.2) is 25.4 Å². The van der Waals surface area contributed by atoms with Crippen LogP contribution in [0.3, 0.4) is 0 Å². The molecule has 4 heteroatoms. The third-order valence-electron chi connectivity index (χ3n) is 2.85. The van der Waals surface area contributed by atoms with E-state index in [0.717, 1.165) is 5.56 Å². The number of rotatable bonds is 5. The summed E-state index contributed by atoms with van der Waals surface area (Å²) in [5.41, 5.74) is 6.82. The smallest absolute Gasteiger partial charge is 0.127 e. The van der Waals surface area contributed by atoms with E-state index in [2.05, 4.69) is 0 Å². The summed E-state index contributed by atoms with van der Waals surface area (Å²) in [5.74, 6) is 1.44. The second-order valence-corrected chi connectivity index (χ2v) is 4.37. The van der Waals surface area contributed by atoms with E-state index in [4.69, 9.17) is 15.2 Å². The lowest BCUT2D eigenvalue weighted by molar-refractivity contribution is 0.0969. The molecule has 96 valence electrons. The number of benzene rings is 1. The minimum Gasteiger partial charge on any atom is -0.497 e. The van der Waals surface area contributed by atoms with Crippen LogP contribution in [-0.2, 0) is 0 Å². The highest BCUT2D eigenvalue weighted by Gasteiger charge is 2.23. The Morgan fingerprint density at radius 3 is 2.29 bits per heavy atom. The first-order valence-electron chi connectivity index (χ1n) is 5.66. The summed E-state index contributed by atoms with van der Waals surface area (Å²) in [5, 5.41) is 9.98. The predicted molar refractivity (Wildman–Crippen MR) is 67.3 cm³/mol. The van der Waals surface area contributed by atoms with Gasteiger partial charge in [-0.3, -0.25) is 0 Å². The van der Waals surface area contributed by atoms with E-state index in [0.29, 0.717) is 11.5 Å². The fourth-order valence-corrected chi connectivity index (χ4v) is 1.69. The Hall–Kier alpha value is -1.26. The Kier molecular flexibility index (Phi) is 4.78. The summed E-state index contributed by atoms with van der Waals surface area (Å²) in [6.45, 7) is 3.86. The zero-order valence-electron chi connectivity index (χ0n) is 10.8. The van der Waals surface area contributed by atoms with Crippen molar-refractivity contribution in [3.63, 3.8) is 0 Å². The molecule has 1 aromatic rings. The molecule has 0 fully saturated rings. The Labute approximate surface area is 102 Å². The minimum absolute atomic E-state index is 0.0943. The summed E-state index contributed by atoms with van der Waals surface area (Å²) in [6.07, 6.45) is -0.600. The quantitative estimate of drug-likeness (QED) is 0.821. The zero-order valence-corrected chi connectivity index (χ0v) is 10.8. The van der Waals surface area contributed by atoms with Gasteiger partial charge in [0.05, 0.1) is 26.4 Å². The van der Waals surface area contributed by atoms with Gasteiger partial charge in [-0.1, -0.05) is 13.8 Å². The van der Waals surface area contributed by atoms with Crippen LogP contribution in [0.1, 0.15) is 25.5 Å². The lowest BCUT2D eigenvalue weighted by Crippen LogP contribution is -2.30. The van der Waals surface area contributed by atoms with Crippen molar-refractivity contribution in [2.75, 3.05) is 14.2 Å². The third kappa shape index (κ3) is 3.11. The molecule has 0 heterocycles. The van der Waals surface area contributed by atoms with Gasteiger partial charge in [-0.2, -0.15) is 0 Å². The SMILES string of the molecule is COc1ccc([C@@H](N)[C@@H](O)C(C)C)c(OC)c1. The van der Waals surface area contributed by atoms with Gasteiger partial charge in [0.15, 0.2) is 0 Å². The highest BCUT2D eigenvalue weighted by molar-refractivity contribution is 5.42. The number of ether oxygens (including phenoxy) is 2. The van der Waals surface area contributed by atoms with E-state index in [1.54, 1.807) is 20.3 Å². The van der Waals surface area contributed by atoms with E-state index in [-0.39, 0.29) is 5.92 Å². The second-order valence-electron chi connectivity index (χ2n) is 4.37. The molecule has 0 spiro atoms. The van der Waals surface area contributed by atoms with Crippen LogP contribution in [0.25, 0.3) is 0 Å². The molecule has 0 bridgehead atoms. The van der Waals surface area contributed by atoms with Gasteiger partial charge in [0.2, 0.25) is 0 Å². The van der Waals surface area contributed by atoms with E-state index < -0.39 is 12.1 Å². The van der Waals surface area contributed by atoms with E-state index in [1.165, 1.54) is 0 Å². The number of methoxy groups -OCH3 is 2. The molecule has 0 amide bonds. The van der Waals surface area contributed by atoms with Gasteiger partial charge in [-0.05, 0) is 18.1 Å². The van der Waals surface area contributed by atoms with Crippen LogP contribution in [0.15, 0.2) is 18.2 Å². The molecule has 0 aliphatic heterocycles. The van der Waals surface area contributed by atoms with Crippen LogP contribution in [0, 0.1) is 5.92 Å². The van der Waals surface area contributed by atoms with E-state index in [9.17, 15) is 5.11 Å². The first kappa shape index (κ1) is 13.8. The minimum atomic E-state index is -0.600. The van der Waals surface area contributed by atoms with E-state index in [1.807, 2.05) is 26.0 Å². The average molecular weight is 239 g/mol. The maximum atomic E-state index is 9.98. The molecule has 0 unspecified atom stereocenters. The topological polar surface area (TPSA) is 64.7 Å². The number of hydrogen-bond acceptors (Lipinski definition) is 4. The fraction of sp³-hybridized carbons (Fsp3) is 0.538. The Morgan fingerprint density at radius 2 is 1.82 bits per heavy atom. The first-order valence-corrected chi connectivity index (χ1v) is 5.66. The molecular formula is C13H21NO3. The molecule has 1 aromatic carbocycles. The Morgan fingerprint density at radius 1 is 1.18 bits per heavy atom. The number of nitrogens with two attached hydrogens (primary N) is 1. The maximum Gasteiger partial charge on any atom is 0.127 e. The molecule has 3 N–H and O–H groups in total. The summed E-state index contributed by atoms with van der Waals surface area (Å²) >= 11 is 0. The lowest BCUT2D eigenvalue weighted by Gasteiger charge is -2.24. The van der Waals surface area contributed by atoms with Crippen molar-refractivity contribution in [2.24, 2.45) is 11.7 Å². The van der Waals surface area contributed by atoms with Crippen molar-refractivity contribution in [2.45, 2.75) is 26.0 Å². The molecule has 0 saturated carbocycles. The van der Waals surface area contributed by atoms with Crippen molar-refractivity contribution in [1.29, 1.82) is 0 Å². The van der Waals surface area contributed by atoms with Crippen molar-refractivity contribution >= 4 is 0 Å². The van der Waals surface area contributed by atoms with Gasteiger partial charge in [-0.25, -0.2) is 0 Å². The molecule has 0 aromatic heterocycles.